The first-order chi connectivity index (χ1) is 14.1. The van der Waals surface area contributed by atoms with Crippen molar-refractivity contribution in [3.8, 4) is 5.69 Å². The van der Waals surface area contributed by atoms with Gasteiger partial charge in [0.25, 0.3) is 0 Å². The SMILES string of the molecule is Fc1cc(Nc2ncn(-c3cccc(F)c3)n2)cc(C2CCN(C3COC3)C2)c1. The van der Waals surface area contributed by atoms with Crippen LogP contribution in [0.4, 0.5) is 20.4 Å². The number of ether oxygens (including phenoxy) is 1. The van der Waals surface area contributed by atoms with Crippen LogP contribution in [0.2, 0.25) is 0 Å². The van der Waals surface area contributed by atoms with Gasteiger partial charge in [-0.1, -0.05) is 6.07 Å². The number of anilines is 2. The second-order valence-corrected chi connectivity index (χ2v) is 7.56. The van der Waals surface area contributed by atoms with Crippen LogP contribution >= 0.6 is 0 Å². The Morgan fingerprint density at radius 3 is 2.76 bits per heavy atom. The van der Waals surface area contributed by atoms with Crippen molar-refractivity contribution in [1.82, 2.24) is 19.7 Å². The monoisotopic (exact) mass is 397 g/mol. The van der Waals surface area contributed by atoms with E-state index in [1.165, 1.54) is 29.2 Å². The summed E-state index contributed by atoms with van der Waals surface area (Å²) >= 11 is 0. The number of benzene rings is 2. The highest BCUT2D eigenvalue weighted by atomic mass is 19.1. The first-order valence-electron chi connectivity index (χ1n) is 9.71. The van der Waals surface area contributed by atoms with Crippen LogP contribution in [0.25, 0.3) is 5.69 Å². The summed E-state index contributed by atoms with van der Waals surface area (Å²) in [5.74, 6) is -0.0171. The van der Waals surface area contributed by atoms with Crippen LogP contribution in [0.15, 0.2) is 48.8 Å². The molecule has 2 aromatic carbocycles. The molecule has 1 N–H and O–H groups in total. The summed E-state index contributed by atoms with van der Waals surface area (Å²) in [5.41, 5.74) is 2.14. The molecule has 2 aliphatic rings. The van der Waals surface area contributed by atoms with E-state index in [0.29, 0.717) is 29.3 Å². The summed E-state index contributed by atoms with van der Waals surface area (Å²) in [7, 11) is 0. The maximum absolute atomic E-state index is 14.3. The average Bonchev–Trinajstić information content (AvgIpc) is 3.30. The van der Waals surface area contributed by atoms with Crippen LogP contribution in [0.3, 0.4) is 0 Å². The lowest BCUT2D eigenvalue weighted by atomic mass is 9.97. The van der Waals surface area contributed by atoms with E-state index in [0.717, 1.165) is 38.3 Å². The summed E-state index contributed by atoms with van der Waals surface area (Å²) in [6, 6.07) is 11.6. The fraction of sp³-hybridized carbons (Fsp3) is 0.333. The van der Waals surface area contributed by atoms with Gasteiger partial charge in [-0.15, -0.1) is 5.10 Å². The Morgan fingerprint density at radius 2 is 1.97 bits per heavy atom. The molecule has 1 aromatic heterocycles. The van der Waals surface area contributed by atoms with Crippen molar-refractivity contribution in [3.05, 3.63) is 66.0 Å². The van der Waals surface area contributed by atoms with Crippen molar-refractivity contribution >= 4 is 11.6 Å². The number of halogens is 2. The molecule has 2 aliphatic heterocycles. The molecule has 0 aliphatic carbocycles. The first-order valence-corrected chi connectivity index (χ1v) is 9.71. The molecule has 2 fully saturated rings. The van der Waals surface area contributed by atoms with Gasteiger partial charge in [0.15, 0.2) is 0 Å². The lowest BCUT2D eigenvalue weighted by Crippen LogP contribution is -2.47. The molecule has 0 spiro atoms. The van der Waals surface area contributed by atoms with E-state index in [9.17, 15) is 8.78 Å². The van der Waals surface area contributed by atoms with Gasteiger partial charge in [0, 0.05) is 12.2 Å². The molecule has 5 rings (SSSR count). The quantitative estimate of drug-likeness (QED) is 0.715. The van der Waals surface area contributed by atoms with Gasteiger partial charge in [-0.25, -0.2) is 13.5 Å². The van der Waals surface area contributed by atoms with Crippen LogP contribution in [0.5, 0.6) is 0 Å². The molecule has 6 nitrogen and oxygen atoms in total. The zero-order valence-corrected chi connectivity index (χ0v) is 15.8. The highest BCUT2D eigenvalue weighted by molar-refractivity contribution is 5.55. The molecule has 0 amide bonds. The van der Waals surface area contributed by atoms with Crippen molar-refractivity contribution in [2.45, 2.75) is 18.4 Å². The summed E-state index contributed by atoms with van der Waals surface area (Å²) < 4.78 is 34.4. The molecular weight excluding hydrogens is 376 g/mol. The largest absolute Gasteiger partial charge is 0.378 e. The van der Waals surface area contributed by atoms with Crippen molar-refractivity contribution < 1.29 is 13.5 Å². The minimum atomic E-state index is -0.346. The molecule has 0 bridgehead atoms. The zero-order valence-electron chi connectivity index (χ0n) is 15.8. The Kier molecular flexibility index (Phi) is 4.73. The van der Waals surface area contributed by atoms with Gasteiger partial charge in [-0.2, -0.15) is 4.98 Å². The number of aromatic nitrogens is 3. The molecule has 2 saturated heterocycles. The van der Waals surface area contributed by atoms with Gasteiger partial charge in [0.1, 0.15) is 18.0 Å². The zero-order chi connectivity index (χ0) is 19.8. The van der Waals surface area contributed by atoms with Crippen LogP contribution in [0.1, 0.15) is 17.9 Å². The highest BCUT2D eigenvalue weighted by Crippen LogP contribution is 2.32. The van der Waals surface area contributed by atoms with E-state index in [1.807, 2.05) is 6.07 Å². The van der Waals surface area contributed by atoms with Gasteiger partial charge in [-0.05, 0) is 60.8 Å². The Morgan fingerprint density at radius 1 is 1.07 bits per heavy atom. The van der Waals surface area contributed by atoms with Crippen molar-refractivity contribution in [2.24, 2.45) is 0 Å². The Labute approximate surface area is 167 Å². The van der Waals surface area contributed by atoms with Gasteiger partial charge in [0.2, 0.25) is 5.95 Å². The van der Waals surface area contributed by atoms with Gasteiger partial charge < -0.3 is 10.1 Å². The third-order valence-corrected chi connectivity index (χ3v) is 5.57. The fourth-order valence-electron chi connectivity index (χ4n) is 3.94. The maximum Gasteiger partial charge on any atom is 0.246 e. The Hall–Kier alpha value is -2.84. The van der Waals surface area contributed by atoms with Crippen molar-refractivity contribution in [1.29, 1.82) is 0 Å². The molecule has 3 heterocycles. The molecule has 29 heavy (non-hydrogen) atoms. The van der Waals surface area contributed by atoms with E-state index < -0.39 is 0 Å². The number of rotatable bonds is 5. The predicted octanol–water partition coefficient (Wildman–Crippen LogP) is 3.48. The smallest absolute Gasteiger partial charge is 0.246 e. The van der Waals surface area contributed by atoms with Gasteiger partial charge in [0.05, 0.1) is 24.9 Å². The maximum atomic E-state index is 14.3. The lowest BCUT2D eigenvalue weighted by Gasteiger charge is -2.34. The molecule has 150 valence electrons. The number of nitrogens with one attached hydrogen (secondary N) is 1. The van der Waals surface area contributed by atoms with Crippen LogP contribution in [-0.2, 0) is 4.74 Å². The van der Waals surface area contributed by atoms with E-state index in [4.69, 9.17) is 4.74 Å². The van der Waals surface area contributed by atoms with Crippen molar-refractivity contribution in [3.63, 3.8) is 0 Å². The predicted molar refractivity (Wildman–Crippen MR) is 105 cm³/mol. The second kappa shape index (κ2) is 7.53. The molecule has 8 heteroatoms. The Balaban J connectivity index is 1.32. The molecule has 1 unspecified atom stereocenters. The highest BCUT2D eigenvalue weighted by Gasteiger charge is 2.33. The molecule has 3 aromatic rings. The van der Waals surface area contributed by atoms with E-state index in [-0.39, 0.29) is 11.6 Å². The van der Waals surface area contributed by atoms with Gasteiger partial charge in [-0.3, -0.25) is 4.90 Å². The molecular formula is C21H21F2N5O. The minimum absolute atomic E-state index is 0.292. The summed E-state index contributed by atoms with van der Waals surface area (Å²) in [4.78, 5) is 6.63. The third-order valence-electron chi connectivity index (χ3n) is 5.57. The number of hydrogen-bond donors (Lipinski definition) is 1. The lowest BCUT2D eigenvalue weighted by molar-refractivity contribution is -0.0573. The molecule has 0 saturated carbocycles. The van der Waals surface area contributed by atoms with Crippen molar-refractivity contribution in [2.75, 3.05) is 31.6 Å². The summed E-state index contributed by atoms with van der Waals surface area (Å²) in [6.07, 6.45) is 2.50. The third kappa shape index (κ3) is 3.86. The standard InChI is InChI=1S/C21H21F2N5O/c22-16-2-1-3-19(9-16)28-13-24-21(26-28)25-18-7-15(6-17(23)8-18)14-4-5-27(10-14)20-11-29-12-20/h1-3,6-9,13-14,20H,4-5,10-12H2,(H,25,26). The van der Waals surface area contributed by atoms with E-state index >= 15 is 0 Å². The minimum Gasteiger partial charge on any atom is -0.378 e. The molecule has 1 atom stereocenters. The number of nitrogens with zero attached hydrogens (tertiary/aromatic N) is 4. The van der Waals surface area contributed by atoms with Gasteiger partial charge >= 0.3 is 0 Å². The first kappa shape index (κ1) is 18.2. The summed E-state index contributed by atoms with van der Waals surface area (Å²) in [5, 5.41) is 7.37. The van der Waals surface area contributed by atoms with E-state index in [2.05, 4.69) is 20.3 Å². The normalized spacial score (nSPS) is 20.0. The van der Waals surface area contributed by atoms with Crippen LogP contribution < -0.4 is 5.32 Å². The number of likely N-dealkylation sites (tertiary alicyclic amines) is 1. The fourth-order valence-corrected chi connectivity index (χ4v) is 3.94. The molecule has 0 radical (unpaired) electrons. The van der Waals surface area contributed by atoms with E-state index in [1.54, 1.807) is 18.2 Å². The van der Waals surface area contributed by atoms with Crippen LogP contribution in [-0.4, -0.2) is 52.0 Å². The van der Waals surface area contributed by atoms with Crippen LogP contribution in [0, 0.1) is 11.6 Å². The second-order valence-electron chi connectivity index (χ2n) is 7.56. The number of hydrogen-bond acceptors (Lipinski definition) is 5. The summed E-state index contributed by atoms with van der Waals surface area (Å²) in [6.45, 7) is 3.52. The topological polar surface area (TPSA) is 55.2 Å². The Bertz CT molecular complexity index is 1020. The average molecular weight is 397 g/mol.